The number of nitrogens with zero attached hydrogens (tertiary/aromatic N) is 1. The molecule has 0 unspecified atom stereocenters. The van der Waals surface area contributed by atoms with Gasteiger partial charge in [-0.3, -0.25) is 24.6 Å². The van der Waals surface area contributed by atoms with Crippen LogP contribution in [-0.2, 0) is 31.1 Å². The number of halogens is 1. The molecule has 2 aromatic rings. The van der Waals surface area contributed by atoms with Crippen molar-refractivity contribution in [1.82, 2.24) is 10.2 Å². The van der Waals surface area contributed by atoms with Crippen molar-refractivity contribution in [1.29, 1.82) is 0 Å². The minimum Gasteiger partial charge on any atom is -0.376 e. The molecule has 5 atom stereocenters. The van der Waals surface area contributed by atoms with E-state index >= 15 is 0 Å². The number of hydrogen-bond donors (Lipinski definition) is 2. The third-order valence-corrected chi connectivity index (χ3v) is 7.48. The molecule has 0 saturated carbocycles. The van der Waals surface area contributed by atoms with Crippen LogP contribution in [0.3, 0.4) is 0 Å². The number of carbonyl (C=O) groups is 3. The lowest BCUT2D eigenvalue weighted by molar-refractivity contribution is -0.144. The summed E-state index contributed by atoms with van der Waals surface area (Å²) in [5.74, 6) is -3.27. The number of carbonyl (C=O) groups excluding carboxylic acids is 3. The molecule has 4 heterocycles. The lowest BCUT2D eigenvalue weighted by atomic mass is 9.76. The molecule has 8 heteroatoms. The Morgan fingerprint density at radius 3 is 2.67 bits per heavy atom. The highest BCUT2D eigenvalue weighted by Gasteiger charge is 2.70. The topological polar surface area (TPSA) is 87.7 Å². The highest BCUT2D eigenvalue weighted by molar-refractivity contribution is 6.15. The smallest absolute Gasteiger partial charge is 0.250 e. The summed E-state index contributed by atoms with van der Waals surface area (Å²) in [4.78, 5) is 42.0. The van der Waals surface area contributed by atoms with E-state index in [1.54, 1.807) is 0 Å². The van der Waals surface area contributed by atoms with Crippen LogP contribution in [0, 0.1) is 17.7 Å². The summed E-state index contributed by atoms with van der Waals surface area (Å²) in [7, 11) is 0. The molecule has 0 bridgehead atoms. The fraction of sp³-hybridized carbons (Fsp3) is 0.400. The Hall–Kier alpha value is -3.10. The van der Waals surface area contributed by atoms with Gasteiger partial charge in [-0.05, 0) is 43.0 Å². The molecule has 2 N–H and O–H groups in total. The van der Waals surface area contributed by atoms with Crippen LogP contribution in [0.1, 0.15) is 24.0 Å². The maximum Gasteiger partial charge on any atom is 0.250 e. The van der Waals surface area contributed by atoms with Gasteiger partial charge in [0.1, 0.15) is 11.4 Å². The van der Waals surface area contributed by atoms with Gasteiger partial charge in [-0.25, -0.2) is 4.39 Å². The van der Waals surface area contributed by atoms with Gasteiger partial charge in [-0.15, -0.1) is 0 Å². The van der Waals surface area contributed by atoms with E-state index in [0.29, 0.717) is 24.3 Å². The van der Waals surface area contributed by atoms with Gasteiger partial charge in [0, 0.05) is 23.9 Å². The Balaban J connectivity index is 1.44. The zero-order valence-corrected chi connectivity index (χ0v) is 17.9. The first kappa shape index (κ1) is 20.5. The number of hydrogen-bond acceptors (Lipinski definition) is 5. The third-order valence-electron chi connectivity index (χ3n) is 7.48. The van der Waals surface area contributed by atoms with Gasteiger partial charge in [0.05, 0.1) is 24.5 Å². The number of rotatable bonds is 4. The number of ether oxygens (including phenoxy) is 1. The van der Waals surface area contributed by atoms with Crippen molar-refractivity contribution >= 4 is 23.4 Å². The van der Waals surface area contributed by atoms with Gasteiger partial charge in [0.15, 0.2) is 0 Å². The predicted octanol–water partition coefficient (Wildman–Crippen LogP) is 1.97. The van der Waals surface area contributed by atoms with Gasteiger partial charge in [-0.1, -0.05) is 30.3 Å². The fourth-order valence-electron chi connectivity index (χ4n) is 6.05. The van der Waals surface area contributed by atoms with Crippen molar-refractivity contribution in [3.8, 4) is 0 Å². The number of amides is 3. The number of anilines is 1. The third kappa shape index (κ3) is 2.97. The summed E-state index contributed by atoms with van der Waals surface area (Å²) >= 11 is 0. The van der Waals surface area contributed by atoms with Crippen LogP contribution in [0.4, 0.5) is 10.1 Å². The normalized spacial score (nSPS) is 32.5. The van der Waals surface area contributed by atoms with E-state index in [1.807, 2.05) is 30.3 Å². The van der Waals surface area contributed by atoms with Crippen LogP contribution < -0.4 is 10.6 Å². The molecule has 1 spiro atoms. The Morgan fingerprint density at radius 2 is 1.91 bits per heavy atom. The standard InChI is InChI=1S/C25H24FN3O4/c26-15-8-9-18-17(12-15)25(24(32)27-18)21-20(19(28-25)11-14-5-2-1-3-6-14)22(30)29(23(21)31)13-16-7-4-10-33-16/h1-3,5-6,8-9,12,16,19-21,28H,4,7,10-11,13H2,(H,27,32)/t16-,19-,20-,21+,25+/m0/s1. The zero-order valence-electron chi connectivity index (χ0n) is 17.9. The summed E-state index contributed by atoms with van der Waals surface area (Å²) in [6.45, 7) is 0.807. The minimum atomic E-state index is -1.49. The molecule has 0 radical (unpaired) electrons. The molecule has 0 aliphatic carbocycles. The van der Waals surface area contributed by atoms with Crippen molar-refractivity contribution in [3.63, 3.8) is 0 Å². The van der Waals surface area contributed by atoms with Crippen molar-refractivity contribution in [2.75, 3.05) is 18.5 Å². The first-order chi connectivity index (χ1) is 16.0. The first-order valence-corrected chi connectivity index (χ1v) is 11.4. The first-order valence-electron chi connectivity index (χ1n) is 11.4. The molecule has 33 heavy (non-hydrogen) atoms. The van der Waals surface area contributed by atoms with Crippen LogP contribution in [-0.4, -0.2) is 47.9 Å². The van der Waals surface area contributed by atoms with E-state index in [0.717, 1.165) is 18.4 Å². The lowest BCUT2D eigenvalue weighted by Crippen LogP contribution is -2.54. The Morgan fingerprint density at radius 1 is 1.09 bits per heavy atom. The van der Waals surface area contributed by atoms with Crippen LogP contribution >= 0.6 is 0 Å². The molecular weight excluding hydrogens is 425 g/mol. The minimum absolute atomic E-state index is 0.185. The molecule has 7 nitrogen and oxygen atoms in total. The summed E-state index contributed by atoms with van der Waals surface area (Å²) in [5, 5.41) is 6.15. The molecule has 3 fully saturated rings. The van der Waals surface area contributed by atoms with Crippen LogP contribution in [0.2, 0.25) is 0 Å². The van der Waals surface area contributed by atoms with Crippen LogP contribution in [0.25, 0.3) is 0 Å². The zero-order chi connectivity index (χ0) is 22.7. The highest BCUT2D eigenvalue weighted by Crippen LogP contribution is 2.53. The van der Waals surface area contributed by atoms with Gasteiger partial charge < -0.3 is 10.1 Å². The van der Waals surface area contributed by atoms with Crippen LogP contribution in [0.15, 0.2) is 48.5 Å². The fourth-order valence-corrected chi connectivity index (χ4v) is 6.05. The van der Waals surface area contributed by atoms with E-state index in [4.69, 9.17) is 4.74 Å². The maximum atomic E-state index is 14.3. The van der Waals surface area contributed by atoms with Crippen molar-refractivity contribution in [2.24, 2.45) is 11.8 Å². The van der Waals surface area contributed by atoms with Gasteiger partial charge in [-0.2, -0.15) is 0 Å². The van der Waals surface area contributed by atoms with Gasteiger partial charge in [0.25, 0.3) is 0 Å². The number of imide groups is 1. The van der Waals surface area contributed by atoms with Crippen LogP contribution in [0.5, 0.6) is 0 Å². The lowest BCUT2D eigenvalue weighted by Gasteiger charge is -2.30. The molecule has 6 rings (SSSR count). The van der Waals surface area contributed by atoms with E-state index in [-0.39, 0.29) is 18.6 Å². The molecule has 4 aliphatic heterocycles. The number of nitrogens with one attached hydrogen (secondary N) is 2. The number of likely N-dealkylation sites (tertiary alicyclic amines) is 1. The summed E-state index contributed by atoms with van der Waals surface area (Å²) in [6, 6.07) is 13.3. The summed E-state index contributed by atoms with van der Waals surface area (Å²) in [5.41, 5.74) is 0.352. The van der Waals surface area contributed by atoms with Gasteiger partial charge in [0.2, 0.25) is 17.7 Å². The van der Waals surface area contributed by atoms with E-state index in [9.17, 15) is 18.8 Å². The van der Waals surface area contributed by atoms with Crippen molar-refractivity contribution in [3.05, 3.63) is 65.5 Å². The quantitative estimate of drug-likeness (QED) is 0.697. The molecular formula is C25H24FN3O4. The largest absolute Gasteiger partial charge is 0.376 e. The molecule has 3 saturated heterocycles. The average Bonchev–Trinajstić information content (AvgIpc) is 3.55. The number of fused-ring (bicyclic) bond motifs is 4. The summed E-state index contributed by atoms with van der Waals surface area (Å²) < 4.78 is 20.0. The molecule has 4 aliphatic rings. The molecule has 0 aromatic heterocycles. The maximum absolute atomic E-state index is 14.3. The second-order valence-corrected chi connectivity index (χ2v) is 9.32. The second-order valence-electron chi connectivity index (χ2n) is 9.32. The van der Waals surface area contributed by atoms with Crippen molar-refractivity contribution < 1.29 is 23.5 Å². The van der Waals surface area contributed by atoms with E-state index in [2.05, 4.69) is 10.6 Å². The SMILES string of the molecule is O=C1[C@H]2[C@H](Cc3ccccc3)N[C@@]3(C(=O)Nc4ccc(F)cc43)[C@H]2C(=O)N1C[C@@H]1CCCO1. The Kier molecular flexibility index (Phi) is 4.64. The monoisotopic (exact) mass is 449 g/mol. The van der Waals surface area contributed by atoms with E-state index < -0.39 is 41.0 Å². The summed E-state index contributed by atoms with van der Waals surface area (Å²) in [6.07, 6.45) is 1.97. The molecule has 170 valence electrons. The molecule has 3 amide bonds. The molecule has 2 aromatic carbocycles. The second kappa shape index (κ2) is 7.46. The number of benzene rings is 2. The van der Waals surface area contributed by atoms with Gasteiger partial charge >= 0.3 is 0 Å². The average molecular weight is 449 g/mol. The van der Waals surface area contributed by atoms with E-state index in [1.165, 1.54) is 23.1 Å². The van der Waals surface area contributed by atoms with Crippen molar-refractivity contribution in [2.45, 2.75) is 36.9 Å². The Bertz CT molecular complexity index is 1150. The predicted molar refractivity (Wildman–Crippen MR) is 116 cm³/mol. The highest BCUT2D eigenvalue weighted by atomic mass is 19.1. The Labute approximate surface area is 190 Å².